The fourth-order valence-corrected chi connectivity index (χ4v) is 2.21. The maximum atomic E-state index is 13.2. The monoisotopic (exact) mass is 350 g/mol. The van der Waals surface area contributed by atoms with Crippen molar-refractivity contribution >= 4 is 17.6 Å². The second kappa shape index (κ2) is 7.47. The average Bonchev–Trinajstić information content (AvgIpc) is 2.53. The molecule has 7 nitrogen and oxygen atoms in total. The van der Waals surface area contributed by atoms with Gasteiger partial charge in [0.2, 0.25) is 0 Å². The van der Waals surface area contributed by atoms with E-state index in [1.165, 1.54) is 24.3 Å². The minimum absolute atomic E-state index is 0.102. The zero-order chi connectivity index (χ0) is 18.6. The molecule has 0 saturated carbocycles. The number of carbonyl (C=O) groups excluding carboxylic acids is 1. The molecule has 0 heterocycles. The Morgan fingerprint density at radius 1 is 1.16 bits per heavy atom. The molecule has 0 saturated heterocycles. The normalized spacial score (nSPS) is 11.6. The third-order valence-corrected chi connectivity index (χ3v) is 3.34. The molecule has 0 aliphatic heterocycles. The molecule has 2 aromatic carbocycles. The van der Waals surface area contributed by atoms with Gasteiger partial charge >= 0.3 is 5.97 Å². The van der Waals surface area contributed by atoms with E-state index in [2.05, 4.69) is 5.32 Å². The van der Waals surface area contributed by atoms with Crippen LogP contribution in [0.3, 0.4) is 0 Å². The largest absolute Gasteiger partial charge is 0.480 e. The lowest BCUT2D eigenvalue weighted by Gasteiger charge is -2.15. The highest BCUT2D eigenvalue weighted by molar-refractivity contribution is 5.96. The number of rotatable bonds is 6. The quantitative estimate of drug-likeness (QED) is 0.614. The SMILES string of the molecule is O=C(N[C@H](Cc1ccccc1[N+](=O)[O-])C(=O)O)c1cc(F)cc(F)c1. The van der Waals surface area contributed by atoms with Crippen LogP contribution in [0.4, 0.5) is 14.5 Å². The standard InChI is InChI=1S/C16H12F2N2O5/c17-11-5-10(6-12(18)8-11)15(21)19-13(16(22)23)7-9-3-1-2-4-14(9)20(24)25/h1-6,8,13H,7H2,(H,19,21)(H,22,23)/t13-/m1/s1. The van der Waals surface area contributed by atoms with Crippen LogP contribution < -0.4 is 5.32 Å². The first-order chi connectivity index (χ1) is 11.8. The molecule has 9 heteroatoms. The minimum atomic E-state index is -1.51. The summed E-state index contributed by atoms with van der Waals surface area (Å²) in [6.45, 7) is 0. The van der Waals surface area contributed by atoms with Crippen molar-refractivity contribution in [3.8, 4) is 0 Å². The highest BCUT2D eigenvalue weighted by Crippen LogP contribution is 2.19. The van der Waals surface area contributed by atoms with Gasteiger partial charge in [0.25, 0.3) is 11.6 Å². The number of carbonyl (C=O) groups is 2. The number of hydrogen-bond donors (Lipinski definition) is 2. The van der Waals surface area contributed by atoms with E-state index in [4.69, 9.17) is 0 Å². The summed E-state index contributed by atoms with van der Waals surface area (Å²) in [6.07, 6.45) is -0.365. The first-order valence-electron chi connectivity index (χ1n) is 7.00. The number of aliphatic carboxylic acids is 1. The van der Waals surface area contributed by atoms with Gasteiger partial charge in [-0.05, 0) is 12.1 Å². The van der Waals surface area contributed by atoms with Crippen LogP contribution in [0.15, 0.2) is 42.5 Å². The first kappa shape index (κ1) is 18.0. The lowest BCUT2D eigenvalue weighted by atomic mass is 10.0. The van der Waals surface area contributed by atoms with Crippen LogP contribution in [0, 0.1) is 21.7 Å². The van der Waals surface area contributed by atoms with Gasteiger partial charge in [-0.3, -0.25) is 14.9 Å². The van der Waals surface area contributed by atoms with Crippen LogP contribution in [0.1, 0.15) is 15.9 Å². The first-order valence-corrected chi connectivity index (χ1v) is 7.00. The molecule has 0 aliphatic carbocycles. The Kier molecular flexibility index (Phi) is 5.38. The maximum absolute atomic E-state index is 13.2. The molecule has 2 rings (SSSR count). The number of carboxylic acid groups (broad SMARTS) is 1. The molecule has 0 aromatic heterocycles. The summed E-state index contributed by atoms with van der Waals surface area (Å²) in [4.78, 5) is 33.7. The van der Waals surface area contributed by atoms with Crippen LogP contribution in [-0.4, -0.2) is 27.9 Å². The third kappa shape index (κ3) is 4.56. The van der Waals surface area contributed by atoms with Crippen LogP contribution in [0.25, 0.3) is 0 Å². The van der Waals surface area contributed by atoms with E-state index in [1.54, 1.807) is 0 Å². The Morgan fingerprint density at radius 2 is 1.76 bits per heavy atom. The van der Waals surface area contributed by atoms with Crippen molar-refractivity contribution in [3.05, 3.63) is 75.3 Å². The van der Waals surface area contributed by atoms with Gasteiger partial charge in [-0.25, -0.2) is 13.6 Å². The van der Waals surface area contributed by atoms with Crippen molar-refractivity contribution in [2.45, 2.75) is 12.5 Å². The Balaban J connectivity index is 2.23. The summed E-state index contributed by atoms with van der Waals surface area (Å²) >= 11 is 0. The summed E-state index contributed by atoms with van der Waals surface area (Å²) in [5.41, 5.74) is -0.586. The van der Waals surface area contributed by atoms with E-state index in [9.17, 15) is 33.6 Å². The van der Waals surface area contributed by atoms with Gasteiger partial charge < -0.3 is 10.4 Å². The molecular formula is C16H12F2N2O5. The Labute approximate surface area is 140 Å². The third-order valence-electron chi connectivity index (χ3n) is 3.34. The fraction of sp³-hybridized carbons (Fsp3) is 0.125. The molecule has 1 amide bonds. The van der Waals surface area contributed by atoms with Gasteiger partial charge in [-0.15, -0.1) is 0 Å². The summed E-state index contributed by atoms with van der Waals surface area (Å²) in [5, 5.41) is 22.3. The summed E-state index contributed by atoms with van der Waals surface area (Å²) in [5.74, 6) is -4.43. The number of nitrogens with zero attached hydrogens (tertiary/aromatic N) is 1. The lowest BCUT2D eigenvalue weighted by molar-refractivity contribution is -0.385. The number of carboxylic acids is 1. The molecule has 0 unspecified atom stereocenters. The van der Waals surface area contributed by atoms with Gasteiger partial charge in [0, 0.05) is 29.7 Å². The Bertz CT molecular complexity index is 821. The van der Waals surface area contributed by atoms with Gasteiger partial charge in [0.15, 0.2) is 0 Å². The highest BCUT2D eigenvalue weighted by Gasteiger charge is 2.25. The number of benzene rings is 2. The molecule has 0 aliphatic rings. The lowest BCUT2D eigenvalue weighted by Crippen LogP contribution is -2.42. The van der Waals surface area contributed by atoms with E-state index in [0.29, 0.717) is 6.07 Å². The number of para-hydroxylation sites is 1. The van der Waals surface area contributed by atoms with Gasteiger partial charge in [-0.1, -0.05) is 18.2 Å². The van der Waals surface area contributed by atoms with Gasteiger partial charge in [-0.2, -0.15) is 0 Å². The second-order valence-corrected chi connectivity index (χ2v) is 5.11. The van der Waals surface area contributed by atoms with Crippen molar-refractivity contribution in [1.29, 1.82) is 0 Å². The Hall–Kier alpha value is -3.36. The van der Waals surface area contributed by atoms with Crippen LogP contribution in [0.2, 0.25) is 0 Å². The second-order valence-electron chi connectivity index (χ2n) is 5.11. The molecule has 0 bridgehead atoms. The van der Waals surface area contributed by atoms with Crippen LogP contribution in [0.5, 0.6) is 0 Å². The number of nitro benzene ring substituents is 1. The van der Waals surface area contributed by atoms with Gasteiger partial charge in [0.05, 0.1) is 4.92 Å². The smallest absolute Gasteiger partial charge is 0.326 e. The predicted octanol–water partition coefficient (Wildman–Crippen LogP) is 2.30. The van der Waals surface area contributed by atoms with E-state index in [0.717, 1.165) is 12.1 Å². The van der Waals surface area contributed by atoms with Crippen molar-refractivity contribution < 1.29 is 28.4 Å². The number of nitro groups is 1. The Morgan fingerprint density at radius 3 is 2.32 bits per heavy atom. The molecule has 1 atom stereocenters. The number of amides is 1. The molecule has 0 spiro atoms. The molecule has 0 fully saturated rings. The average molecular weight is 350 g/mol. The predicted molar refractivity (Wildman–Crippen MR) is 82.0 cm³/mol. The van der Waals surface area contributed by atoms with Crippen molar-refractivity contribution in [3.63, 3.8) is 0 Å². The molecule has 0 radical (unpaired) electrons. The molecule has 2 N–H and O–H groups in total. The number of hydrogen-bond acceptors (Lipinski definition) is 4. The van der Waals surface area contributed by atoms with Crippen LogP contribution >= 0.6 is 0 Å². The number of halogens is 2. The van der Waals surface area contributed by atoms with E-state index in [-0.39, 0.29) is 17.7 Å². The molecule has 25 heavy (non-hydrogen) atoms. The van der Waals surface area contributed by atoms with Crippen molar-refractivity contribution in [2.24, 2.45) is 0 Å². The molecule has 130 valence electrons. The zero-order valence-corrected chi connectivity index (χ0v) is 12.6. The van der Waals surface area contributed by atoms with Crippen molar-refractivity contribution in [2.75, 3.05) is 0 Å². The molecular weight excluding hydrogens is 338 g/mol. The summed E-state index contributed by atoms with van der Waals surface area (Å²) in [6, 6.07) is 6.04. The maximum Gasteiger partial charge on any atom is 0.326 e. The minimum Gasteiger partial charge on any atom is -0.480 e. The topological polar surface area (TPSA) is 110 Å². The van der Waals surface area contributed by atoms with Crippen molar-refractivity contribution in [1.82, 2.24) is 5.32 Å². The highest BCUT2D eigenvalue weighted by atomic mass is 19.1. The fourth-order valence-electron chi connectivity index (χ4n) is 2.21. The molecule has 2 aromatic rings. The number of nitrogens with one attached hydrogen (secondary N) is 1. The van der Waals surface area contributed by atoms with Gasteiger partial charge in [0.1, 0.15) is 17.7 Å². The van der Waals surface area contributed by atoms with E-state index >= 15 is 0 Å². The van der Waals surface area contributed by atoms with Crippen LogP contribution in [-0.2, 0) is 11.2 Å². The zero-order valence-electron chi connectivity index (χ0n) is 12.6. The summed E-state index contributed by atoms with van der Waals surface area (Å²) in [7, 11) is 0. The summed E-state index contributed by atoms with van der Waals surface area (Å²) < 4.78 is 26.3. The van der Waals surface area contributed by atoms with E-state index < -0.39 is 40.0 Å². The van der Waals surface area contributed by atoms with E-state index in [1.807, 2.05) is 0 Å².